The highest BCUT2D eigenvalue weighted by molar-refractivity contribution is 14.0. The largest absolute Gasteiger partial charge is 0.496 e. The first-order chi connectivity index (χ1) is 13.3. The Hall–Kier alpha value is -2.17. The molecule has 0 aliphatic rings. The Morgan fingerprint density at radius 2 is 1.79 bits per heavy atom. The number of aryl methyl sites for hydroxylation is 1. The third kappa shape index (κ3) is 8.80. The molecule has 2 aromatic carbocycles. The number of aliphatic imine (C=N–C) groups is 1. The van der Waals surface area contributed by atoms with Crippen LogP contribution in [0.15, 0.2) is 47.5 Å². The first kappa shape index (κ1) is 24.9. The highest BCUT2D eigenvalue weighted by atomic mass is 127. The number of hydrogen-bond acceptors (Lipinski definition) is 3. The second-order valence-corrected chi connectivity index (χ2v) is 6.15. The molecule has 2 N–H and O–H groups in total. The molecule has 0 heterocycles. The van der Waals surface area contributed by atoms with Crippen LogP contribution in [0.2, 0.25) is 0 Å². The number of nitrogens with one attached hydrogen (secondary N) is 2. The lowest BCUT2D eigenvalue weighted by atomic mass is 10.1. The molecule has 0 saturated heterocycles. The van der Waals surface area contributed by atoms with E-state index in [-0.39, 0.29) is 29.7 Å². The van der Waals surface area contributed by atoms with Gasteiger partial charge in [-0.05, 0) is 36.2 Å². The SMILES string of the molecule is CN=C(NCc1cccc(OCC(F)(F)F)c1)NCc1ccc(C)cc1OC.I. The highest BCUT2D eigenvalue weighted by Crippen LogP contribution is 2.20. The van der Waals surface area contributed by atoms with Crippen molar-refractivity contribution in [2.45, 2.75) is 26.2 Å². The van der Waals surface area contributed by atoms with Gasteiger partial charge in [-0.1, -0.05) is 24.3 Å². The fraction of sp³-hybridized carbons (Fsp3) is 0.350. The summed E-state index contributed by atoms with van der Waals surface area (Å²) in [6.45, 7) is 1.57. The van der Waals surface area contributed by atoms with Gasteiger partial charge < -0.3 is 20.1 Å². The Balaban J connectivity index is 0.00000420. The number of benzene rings is 2. The van der Waals surface area contributed by atoms with Gasteiger partial charge >= 0.3 is 6.18 Å². The van der Waals surface area contributed by atoms with Gasteiger partial charge in [0.15, 0.2) is 12.6 Å². The van der Waals surface area contributed by atoms with E-state index in [9.17, 15) is 13.2 Å². The van der Waals surface area contributed by atoms with Crippen LogP contribution in [0.25, 0.3) is 0 Å². The number of methoxy groups -OCH3 is 1. The summed E-state index contributed by atoms with van der Waals surface area (Å²) in [5, 5.41) is 6.31. The molecule has 0 atom stereocenters. The van der Waals surface area contributed by atoms with Crippen LogP contribution < -0.4 is 20.1 Å². The summed E-state index contributed by atoms with van der Waals surface area (Å²) in [5.74, 6) is 1.52. The molecule has 0 amide bonds. The van der Waals surface area contributed by atoms with Crippen LogP contribution >= 0.6 is 24.0 Å². The Kier molecular flexibility index (Phi) is 10.1. The molecule has 0 aromatic heterocycles. The number of halogens is 4. The zero-order valence-corrected chi connectivity index (χ0v) is 18.8. The second kappa shape index (κ2) is 11.7. The minimum absolute atomic E-state index is 0. The number of guanidine groups is 1. The van der Waals surface area contributed by atoms with Gasteiger partial charge in [-0.25, -0.2) is 0 Å². The summed E-state index contributed by atoms with van der Waals surface area (Å²) in [6, 6.07) is 12.4. The molecule has 5 nitrogen and oxygen atoms in total. The van der Waals surface area contributed by atoms with Gasteiger partial charge in [-0.3, -0.25) is 4.99 Å². The van der Waals surface area contributed by atoms with E-state index in [1.807, 2.05) is 25.1 Å². The molecule has 0 bridgehead atoms. The van der Waals surface area contributed by atoms with Crippen LogP contribution in [-0.2, 0) is 13.1 Å². The van der Waals surface area contributed by atoms with Crippen LogP contribution in [-0.4, -0.2) is 32.9 Å². The Labute approximate surface area is 185 Å². The van der Waals surface area contributed by atoms with E-state index >= 15 is 0 Å². The molecule has 0 aliphatic heterocycles. The van der Waals surface area contributed by atoms with Crippen molar-refractivity contribution in [3.05, 3.63) is 59.2 Å². The minimum Gasteiger partial charge on any atom is -0.496 e. The average Bonchev–Trinajstić information content (AvgIpc) is 2.67. The molecule has 2 rings (SSSR count). The molecule has 0 aliphatic carbocycles. The van der Waals surface area contributed by atoms with E-state index in [2.05, 4.69) is 15.6 Å². The predicted molar refractivity (Wildman–Crippen MR) is 118 cm³/mol. The number of ether oxygens (including phenoxy) is 2. The predicted octanol–water partition coefficient (Wildman–Crippen LogP) is 4.43. The van der Waals surface area contributed by atoms with Crippen LogP contribution in [0.4, 0.5) is 13.2 Å². The van der Waals surface area contributed by atoms with Crippen molar-refractivity contribution in [2.75, 3.05) is 20.8 Å². The highest BCUT2D eigenvalue weighted by Gasteiger charge is 2.28. The normalized spacial score (nSPS) is 11.4. The van der Waals surface area contributed by atoms with Crippen LogP contribution in [0.5, 0.6) is 11.5 Å². The van der Waals surface area contributed by atoms with Crippen molar-refractivity contribution in [3.8, 4) is 11.5 Å². The van der Waals surface area contributed by atoms with E-state index in [0.717, 1.165) is 22.4 Å². The van der Waals surface area contributed by atoms with Crippen molar-refractivity contribution in [3.63, 3.8) is 0 Å². The van der Waals surface area contributed by atoms with Crippen LogP contribution in [0.1, 0.15) is 16.7 Å². The molecule has 0 unspecified atom stereocenters. The first-order valence-corrected chi connectivity index (χ1v) is 8.67. The fourth-order valence-corrected chi connectivity index (χ4v) is 2.49. The van der Waals surface area contributed by atoms with Crippen molar-refractivity contribution >= 4 is 29.9 Å². The van der Waals surface area contributed by atoms with E-state index in [0.29, 0.717) is 19.0 Å². The quantitative estimate of drug-likeness (QED) is 0.321. The zero-order chi connectivity index (χ0) is 20.6. The smallest absolute Gasteiger partial charge is 0.422 e. The Morgan fingerprint density at radius 3 is 2.45 bits per heavy atom. The van der Waals surface area contributed by atoms with Crippen molar-refractivity contribution in [1.29, 1.82) is 0 Å². The first-order valence-electron chi connectivity index (χ1n) is 8.67. The molecular formula is C20H25F3IN3O2. The summed E-state index contributed by atoms with van der Waals surface area (Å²) in [4.78, 5) is 4.16. The Bertz CT molecular complexity index is 814. The van der Waals surface area contributed by atoms with Gasteiger partial charge in [0.25, 0.3) is 0 Å². The summed E-state index contributed by atoms with van der Waals surface area (Å²) in [7, 11) is 3.27. The molecule has 2 aromatic rings. The molecule has 0 spiro atoms. The van der Waals surface area contributed by atoms with E-state index in [1.165, 1.54) is 6.07 Å². The summed E-state index contributed by atoms with van der Waals surface area (Å²) in [5.41, 5.74) is 2.87. The standard InChI is InChI=1S/C20H24F3N3O2.HI/c1-14-7-8-16(18(9-14)27-3)12-26-19(24-2)25-11-15-5-4-6-17(10-15)28-13-20(21,22)23;/h4-10H,11-13H2,1-3H3,(H2,24,25,26);1H. The second-order valence-electron chi connectivity index (χ2n) is 6.15. The van der Waals surface area contributed by atoms with Gasteiger partial charge in [0, 0.05) is 25.7 Å². The summed E-state index contributed by atoms with van der Waals surface area (Å²) in [6.07, 6.45) is -4.36. The molecule has 160 valence electrons. The molecule has 0 radical (unpaired) electrons. The van der Waals surface area contributed by atoms with Crippen LogP contribution in [0, 0.1) is 6.92 Å². The van der Waals surface area contributed by atoms with Crippen molar-refractivity contribution < 1.29 is 22.6 Å². The number of alkyl halides is 3. The molecule has 29 heavy (non-hydrogen) atoms. The molecular weight excluding hydrogens is 498 g/mol. The lowest BCUT2D eigenvalue weighted by Gasteiger charge is -2.15. The van der Waals surface area contributed by atoms with Gasteiger partial charge in [0.2, 0.25) is 0 Å². The molecule has 9 heteroatoms. The monoisotopic (exact) mass is 523 g/mol. The zero-order valence-electron chi connectivity index (χ0n) is 16.5. The van der Waals surface area contributed by atoms with Gasteiger partial charge in [-0.2, -0.15) is 13.2 Å². The molecule has 0 saturated carbocycles. The third-order valence-electron chi connectivity index (χ3n) is 3.87. The van der Waals surface area contributed by atoms with E-state index < -0.39 is 12.8 Å². The van der Waals surface area contributed by atoms with E-state index in [4.69, 9.17) is 9.47 Å². The average molecular weight is 523 g/mol. The lowest BCUT2D eigenvalue weighted by molar-refractivity contribution is -0.153. The third-order valence-corrected chi connectivity index (χ3v) is 3.87. The van der Waals surface area contributed by atoms with Crippen molar-refractivity contribution in [1.82, 2.24) is 10.6 Å². The summed E-state index contributed by atoms with van der Waals surface area (Å²) >= 11 is 0. The number of nitrogens with zero attached hydrogens (tertiary/aromatic N) is 1. The topological polar surface area (TPSA) is 54.9 Å². The van der Waals surface area contributed by atoms with Gasteiger partial charge in [0.05, 0.1) is 7.11 Å². The van der Waals surface area contributed by atoms with Gasteiger partial charge in [0.1, 0.15) is 11.5 Å². The van der Waals surface area contributed by atoms with Gasteiger partial charge in [-0.15, -0.1) is 24.0 Å². The fourth-order valence-electron chi connectivity index (χ4n) is 2.49. The van der Waals surface area contributed by atoms with Crippen LogP contribution in [0.3, 0.4) is 0 Å². The van der Waals surface area contributed by atoms with E-state index in [1.54, 1.807) is 32.4 Å². The minimum atomic E-state index is -4.36. The number of rotatable bonds is 7. The summed E-state index contributed by atoms with van der Waals surface area (Å²) < 4.78 is 47.0. The maximum atomic E-state index is 12.3. The maximum absolute atomic E-state index is 12.3. The molecule has 0 fully saturated rings. The Morgan fingerprint density at radius 1 is 1.07 bits per heavy atom. The maximum Gasteiger partial charge on any atom is 0.422 e. The van der Waals surface area contributed by atoms with Crippen molar-refractivity contribution in [2.24, 2.45) is 4.99 Å². The number of hydrogen-bond donors (Lipinski definition) is 2. The lowest BCUT2D eigenvalue weighted by Crippen LogP contribution is -2.36.